The number of carbonyl (C=O) groups is 3. The van der Waals surface area contributed by atoms with E-state index in [0.29, 0.717) is 29.0 Å². The molecule has 4 unspecified atom stereocenters. The Morgan fingerprint density at radius 3 is 2.44 bits per heavy atom. The standard InChI is InChI=1S/C26H24N2O7S/c1-13-10-11-36-24(13)20-19(23(29)18-9-6-14(2)35-18)21(16-4-3-5-17(12-16)28(33)34)27(22(20)26(31)32)25(30)15-7-8-15/h3-6,9-12,15,19-22H,7-8H2,1-2H3,(H,31,32). The Bertz CT molecular complexity index is 1370. The van der Waals surface area contributed by atoms with E-state index in [1.165, 1.54) is 34.4 Å². The molecular weight excluding hydrogens is 484 g/mol. The molecule has 3 heterocycles. The van der Waals surface area contributed by atoms with Crippen LogP contribution in [0.15, 0.2) is 52.3 Å². The van der Waals surface area contributed by atoms with Gasteiger partial charge in [0.1, 0.15) is 11.8 Å². The zero-order valence-corrected chi connectivity index (χ0v) is 20.4. The quantitative estimate of drug-likeness (QED) is 0.273. The number of nitrogens with zero attached hydrogens (tertiary/aromatic N) is 2. The number of hydrogen-bond donors (Lipinski definition) is 1. The molecule has 3 aromatic rings. The molecule has 1 saturated heterocycles. The van der Waals surface area contributed by atoms with Crippen molar-refractivity contribution in [2.75, 3.05) is 0 Å². The number of amides is 1. The van der Waals surface area contributed by atoms with Gasteiger partial charge in [0, 0.05) is 28.8 Å². The first kappa shape index (κ1) is 23.9. The van der Waals surface area contributed by atoms with Crippen LogP contribution in [-0.4, -0.2) is 38.6 Å². The van der Waals surface area contributed by atoms with Crippen molar-refractivity contribution in [2.45, 2.75) is 44.7 Å². The molecule has 2 aliphatic rings. The summed E-state index contributed by atoms with van der Waals surface area (Å²) in [4.78, 5) is 53.5. The Kier molecular flexibility index (Phi) is 5.99. The van der Waals surface area contributed by atoms with Gasteiger partial charge in [-0.05, 0) is 61.4 Å². The van der Waals surface area contributed by atoms with Crippen LogP contribution in [0.4, 0.5) is 5.69 Å². The fourth-order valence-corrected chi connectivity index (χ4v) is 6.37. The zero-order chi connectivity index (χ0) is 25.7. The van der Waals surface area contributed by atoms with Crippen LogP contribution < -0.4 is 0 Å². The summed E-state index contributed by atoms with van der Waals surface area (Å²) in [6, 6.07) is 8.48. The van der Waals surface area contributed by atoms with E-state index in [0.717, 1.165) is 5.56 Å². The summed E-state index contributed by atoms with van der Waals surface area (Å²) in [6.45, 7) is 3.55. The van der Waals surface area contributed by atoms with Crippen molar-refractivity contribution in [3.8, 4) is 0 Å². The van der Waals surface area contributed by atoms with Crippen LogP contribution in [0.25, 0.3) is 0 Å². The second-order valence-corrected chi connectivity index (χ2v) is 10.3. The van der Waals surface area contributed by atoms with E-state index in [1.807, 2.05) is 18.4 Å². The lowest BCUT2D eigenvalue weighted by atomic mass is 9.79. The monoisotopic (exact) mass is 508 g/mol. The number of Topliss-reactive ketones (excluding diaryl/α,β-unsaturated/α-hetero) is 1. The minimum absolute atomic E-state index is 0.0667. The van der Waals surface area contributed by atoms with Crippen LogP contribution >= 0.6 is 11.3 Å². The van der Waals surface area contributed by atoms with E-state index in [2.05, 4.69) is 0 Å². The Morgan fingerprint density at radius 2 is 1.89 bits per heavy atom. The van der Waals surface area contributed by atoms with Crippen molar-refractivity contribution in [1.29, 1.82) is 0 Å². The number of likely N-dealkylation sites (tertiary alicyclic amines) is 1. The lowest BCUT2D eigenvalue weighted by molar-refractivity contribution is -0.385. The zero-order valence-electron chi connectivity index (χ0n) is 19.6. The summed E-state index contributed by atoms with van der Waals surface area (Å²) in [5.41, 5.74) is 0.972. The third-order valence-corrected chi connectivity index (χ3v) is 8.13. The van der Waals surface area contributed by atoms with Crippen molar-refractivity contribution in [1.82, 2.24) is 4.90 Å². The van der Waals surface area contributed by atoms with Crippen LogP contribution in [0.1, 0.15) is 57.1 Å². The predicted molar refractivity (Wildman–Crippen MR) is 130 cm³/mol. The molecular formula is C26H24N2O7S. The summed E-state index contributed by atoms with van der Waals surface area (Å²) >= 11 is 1.34. The van der Waals surface area contributed by atoms with Crippen molar-refractivity contribution < 1.29 is 28.8 Å². The second kappa shape index (κ2) is 9.02. The fourth-order valence-electron chi connectivity index (χ4n) is 5.26. The number of aryl methyl sites for hydroxylation is 2. The Morgan fingerprint density at radius 1 is 1.14 bits per heavy atom. The van der Waals surface area contributed by atoms with Gasteiger partial charge >= 0.3 is 5.97 Å². The number of thiophene rings is 1. The summed E-state index contributed by atoms with van der Waals surface area (Å²) in [7, 11) is 0. The average molecular weight is 509 g/mol. The first-order chi connectivity index (χ1) is 17.2. The van der Waals surface area contributed by atoms with Gasteiger partial charge in [-0.25, -0.2) is 4.79 Å². The highest BCUT2D eigenvalue weighted by molar-refractivity contribution is 7.10. The van der Waals surface area contributed by atoms with E-state index >= 15 is 0 Å². The number of carboxylic acid groups (broad SMARTS) is 1. The van der Waals surface area contributed by atoms with Crippen LogP contribution in [0.2, 0.25) is 0 Å². The number of ketones is 1. The fraction of sp³-hybridized carbons (Fsp3) is 0.346. The Labute approximate surface area is 210 Å². The second-order valence-electron chi connectivity index (χ2n) is 9.39. The van der Waals surface area contributed by atoms with Crippen LogP contribution in [0.3, 0.4) is 0 Å². The first-order valence-electron chi connectivity index (χ1n) is 11.6. The van der Waals surface area contributed by atoms with Gasteiger partial charge in [0.15, 0.2) is 5.76 Å². The minimum atomic E-state index is -1.32. The smallest absolute Gasteiger partial charge is 0.327 e. The maximum atomic E-state index is 14.0. The first-order valence-corrected chi connectivity index (χ1v) is 12.5. The third-order valence-electron chi connectivity index (χ3n) is 7.01. The van der Waals surface area contributed by atoms with Crippen LogP contribution in [0, 0.1) is 35.8 Å². The summed E-state index contributed by atoms with van der Waals surface area (Å²) in [6.07, 6.45) is 1.28. The molecule has 1 N–H and O–H groups in total. The van der Waals surface area contributed by atoms with Gasteiger partial charge in [-0.3, -0.25) is 19.7 Å². The van der Waals surface area contributed by atoms with Gasteiger partial charge in [-0.2, -0.15) is 0 Å². The highest BCUT2D eigenvalue weighted by Gasteiger charge is 2.60. The molecule has 1 saturated carbocycles. The molecule has 9 nitrogen and oxygen atoms in total. The highest BCUT2D eigenvalue weighted by Crippen LogP contribution is 2.54. The maximum Gasteiger partial charge on any atom is 0.327 e. The van der Waals surface area contributed by atoms with Crippen molar-refractivity contribution in [3.05, 3.63) is 85.5 Å². The van der Waals surface area contributed by atoms with Gasteiger partial charge in [0.2, 0.25) is 11.7 Å². The number of nitro groups is 1. The molecule has 5 rings (SSSR count). The number of carbonyl (C=O) groups excluding carboxylic acids is 2. The van der Waals surface area contributed by atoms with Gasteiger partial charge in [0.05, 0.1) is 16.9 Å². The topological polar surface area (TPSA) is 131 Å². The molecule has 2 aromatic heterocycles. The number of aliphatic carboxylic acids is 1. The summed E-state index contributed by atoms with van der Waals surface area (Å²) in [5, 5.41) is 23.8. The molecule has 1 aliphatic carbocycles. The molecule has 1 aliphatic heterocycles. The number of nitro benzene ring substituents is 1. The number of carboxylic acids is 1. The van der Waals surface area contributed by atoms with Gasteiger partial charge in [-0.15, -0.1) is 11.3 Å². The van der Waals surface area contributed by atoms with E-state index < -0.39 is 40.6 Å². The molecule has 1 aromatic carbocycles. The molecule has 0 spiro atoms. The van der Waals surface area contributed by atoms with Crippen molar-refractivity contribution in [3.63, 3.8) is 0 Å². The Hall–Kier alpha value is -3.79. The number of rotatable bonds is 7. The molecule has 2 fully saturated rings. The van der Waals surface area contributed by atoms with E-state index in [1.54, 1.807) is 25.1 Å². The molecule has 4 atom stereocenters. The largest absolute Gasteiger partial charge is 0.480 e. The Balaban J connectivity index is 1.76. The number of benzene rings is 1. The maximum absolute atomic E-state index is 14.0. The SMILES string of the molecule is Cc1ccc(C(=O)C2C(c3sccc3C)C(C(=O)O)N(C(=O)C3CC3)C2c2cccc([N+](=O)[O-])c2)o1. The molecule has 0 radical (unpaired) electrons. The molecule has 36 heavy (non-hydrogen) atoms. The van der Waals surface area contributed by atoms with E-state index in [4.69, 9.17) is 4.42 Å². The van der Waals surface area contributed by atoms with Gasteiger partial charge < -0.3 is 14.4 Å². The lowest BCUT2D eigenvalue weighted by Gasteiger charge is -2.30. The molecule has 0 bridgehead atoms. The lowest BCUT2D eigenvalue weighted by Crippen LogP contribution is -2.44. The molecule has 10 heteroatoms. The number of furan rings is 1. The van der Waals surface area contributed by atoms with Crippen LogP contribution in [-0.2, 0) is 9.59 Å². The summed E-state index contributed by atoms with van der Waals surface area (Å²) < 4.78 is 5.65. The minimum Gasteiger partial charge on any atom is -0.480 e. The van der Waals surface area contributed by atoms with E-state index in [9.17, 15) is 29.6 Å². The summed E-state index contributed by atoms with van der Waals surface area (Å²) in [5.74, 6) is -3.60. The number of hydrogen-bond acceptors (Lipinski definition) is 7. The number of non-ortho nitro benzene ring substituents is 1. The predicted octanol–water partition coefficient (Wildman–Crippen LogP) is 4.90. The van der Waals surface area contributed by atoms with Gasteiger partial charge in [-0.1, -0.05) is 12.1 Å². The normalized spacial score (nSPS) is 23.6. The van der Waals surface area contributed by atoms with Crippen molar-refractivity contribution in [2.24, 2.45) is 11.8 Å². The average Bonchev–Trinajstić information content (AvgIpc) is 3.31. The van der Waals surface area contributed by atoms with Gasteiger partial charge in [0.25, 0.3) is 5.69 Å². The van der Waals surface area contributed by atoms with Crippen molar-refractivity contribution >= 4 is 34.7 Å². The highest BCUT2D eigenvalue weighted by atomic mass is 32.1. The van der Waals surface area contributed by atoms with Crippen LogP contribution in [0.5, 0.6) is 0 Å². The molecule has 186 valence electrons. The molecule has 1 amide bonds. The van der Waals surface area contributed by atoms with E-state index in [-0.39, 0.29) is 23.3 Å². The third kappa shape index (κ3) is 4.01.